The molecule has 1 aromatic carbocycles. The maximum atomic E-state index is 12.1. The van der Waals surface area contributed by atoms with E-state index in [4.69, 9.17) is 11.6 Å². The van der Waals surface area contributed by atoms with Crippen LogP contribution in [0.5, 0.6) is 0 Å². The number of aromatic nitrogens is 2. The van der Waals surface area contributed by atoms with Gasteiger partial charge in [-0.2, -0.15) is 0 Å². The first-order valence-corrected chi connectivity index (χ1v) is 8.82. The third-order valence-electron chi connectivity index (χ3n) is 4.30. The quantitative estimate of drug-likeness (QED) is 0.876. The lowest BCUT2D eigenvalue weighted by atomic mass is 9.98. The summed E-state index contributed by atoms with van der Waals surface area (Å²) in [5.74, 6) is 1.17. The first kappa shape index (κ1) is 17.5. The lowest BCUT2D eigenvalue weighted by molar-refractivity contribution is 0.249. The molecule has 0 spiro atoms. The van der Waals surface area contributed by atoms with Crippen LogP contribution in [0.15, 0.2) is 36.7 Å². The Morgan fingerprint density at radius 3 is 2.88 bits per heavy atom. The highest BCUT2D eigenvalue weighted by Gasteiger charge is 2.21. The zero-order valence-electron chi connectivity index (χ0n) is 14.2. The van der Waals surface area contributed by atoms with Crippen molar-refractivity contribution in [3.63, 3.8) is 0 Å². The topological polar surface area (TPSA) is 70.2 Å². The van der Waals surface area contributed by atoms with E-state index in [0.29, 0.717) is 17.6 Å². The summed E-state index contributed by atoms with van der Waals surface area (Å²) in [5.41, 5.74) is 1.96. The summed E-state index contributed by atoms with van der Waals surface area (Å²) in [7, 11) is 0. The summed E-state index contributed by atoms with van der Waals surface area (Å²) < 4.78 is 0. The second-order valence-electron chi connectivity index (χ2n) is 6.36. The Hall–Kier alpha value is -2.34. The number of urea groups is 1. The summed E-state index contributed by atoms with van der Waals surface area (Å²) in [6.45, 7) is 4.41. The summed E-state index contributed by atoms with van der Waals surface area (Å²) in [5, 5.41) is 6.21. The largest absolute Gasteiger partial charge is 0.355 e. The van der Waals surface area contributed by atoms with E-state index in [1.165, 1.54) is 6.20 Å². The molecular weight excluding hydrogens is 338 g/mol. The van der Waals surface area contributed by atoms with Gasteiger partial charge >= 0.3 is 6.03 Å². The van der Waals surface area contributed by atoms with Crippen molar-refractivity contribution in [3.8, 4) is 0 Å². The Labute approximate surface area is 152 Å². The smallest absolute Gasteiger partial charge is 0.319 e. The van der Waals surface area contributed by atoms with E-state index in [1.807, 2.05) is 31.2 Å². The lowest BCUT2D eigenvalue weighted by Crippen LogP contribution is -2.42. The van der Waals surface area contributed by atoms with E-state index in [0.717, 1.165) is 43.0 Å². The van der Waals surface area contributed by atoms with Crippen LogP contribution in [0.3, 0.4) is 0 Å². The maximum Gasteiger partial charge on any atom is 0.319 e. The molecule has 2 aromatic rings. The van der Waals surface area contributed by atoms with Crippen molar-refractivity contribution in [2.24, 2.45) is 5.92 Å². The number of nitrogens with one attached hydrogen (secondary N) is 2. The predicted molar refractivity (Wildman–Crippen MR) is 100 cm³/mol. The van der Waals surface area contributed by atoms with E-state index in [2.05, 4.69) is 25.5 Å². The minimum Gasteiger partial charge on any atom is -0.355 e. The molecule has 1 atom stereocenters. The molecule has 0 radical (unpaired) electrons. The van der Waals surface area contributed by atoms with Gasteiger partial charge in [0.05, 0.1) is 12.4 Å². The molecule has 1 unspecified atom stereocenters. The van der Waals surface area contributed by atoms with E-state index in [-0.39, 0.29) is 6.03 Å². The Balaban J connectivity index is 1.49. The van der Waals surface area contributed by atoms with Crippen molar-refractivity contribution >= 4 is 29.1 Å². The van der Waals surface area contributed by atoms with Gasteiger partial charge in [-0.25, -0.2) is 9.78 Å². The van der Waals surface area contributed by atoms with Crippen molar-refractivity contribution in [1.82, 2.24) is 15.3 Å². The number of carbonyl (C=O) groups is 1. The minimum atomic E-state index is -0.177. The van der Waals surface area contributed by atoms with Gasteiger partial charge in [0.1, 0.15) is 11.0 Å². The van der Waals surface area contributed by atoms with Crippen molar-refractivity contribution < 1.29 is 4.79 Å². The molecule has 25 heavy (non-hydrogen) atoms. The van der Waals surface area contributed by atoms with E-state index in [1.54, 1.807) is 6.20 Å². The molecule has 6 nitrogen and oxygen atoms in total. The fraction of sp³-hybridized carbons (Fsp3) is 0.389. The molecule has 1 saturated heterocycles. The number of hydrogen-bond acceptors (Lipinski definition) is 4. The number of hydrogen-bond donors (Lipinski definition) is 2. The first-order valence-electron chi connectivity index (χ1n) is 8.44. The highest BCUT2D eigenvalue weighted by Crippen LogP contribution is 2.21. The average Bonchev–Trinajstić information content (AvgIpc) is 2.62. The Bertz CT molecular complexity index is 722. The van der Waals surface area contributed by atoms with Crippen molar-refractivity contribution in [2.45, 2.75) is 19.8 Å². The number of benzene rings is 1. The molecule has 7 heteroatoms. The molecule has 0 bridgehead atoms. The number of nitrogens with zero attached hydrogens (tertiary/aromatic N) is 3. The van der Waals surface area contributed by atoms with Gasteiger partial charge in [-0.1, -0.05) is 29.3 Å². The van der Waals surface area contributed by atoms with Gasteiger partial charge in [0.2, 0.25) is 0 Å². The van der Waals surface area contributed by atoms with Crippen LogP contribution >= 0.6 is 11.6 Å². The van der Waals surface area contributed by atoms with E-state index in [9.17, 15) is 4.79 Å². The van der Waals surface area contributed by atoms with Crippen LogP contribution in [0.4, 0.5) is 16.3 Å². The standard InChI is InChI=1S/C18H22ClN5O/c1-13-4-6-15(7-5-13)22-18(25)21-9-14-3-2-8-24(12-14)17-11-20-10-16(19)23-17/h4-7,10-11,14H,2-3,8-9,12H2,1H3,(H2,21,22,25). The van der Waals surface area contributed by atoms with Gasteiger partial charge in [0.15, 0.2) is 0 Å². The van der Waals surface area contributed by atoms with Gasteiger partial charge in [0.25, 0.3) is 0 Å². The van der Waals surface area contributed by atoms with Gasteiger partial charge in [-0.3, -0.25) is 4.98 Å². The fourth-order valence-corrected chi connectivity index (χ4v) is 3.12. The number of anilines is 2. The van der Waals surface area contributed by atoms with Gasteiger partial charge < -0.3 is 15.5 Å². The summed E-state index contributed by atoms with van der Waals surface area (Å²) in [4.78, 5) is 22.6. The third kappa shape index (κ3) is 5.06. The lowest BCUT2D eigenvalue weighted by Gasteiger charge is -2.33. The molecule has 2 amide bonds. The number of aryl methyl sites for hydroxylation is 1. The maximum absolute atomic E-state index is 12.1. The molecular formula is C18H22ClN5O. The monoisotopic (exact) mass is 359 g/mol. The fourth-order valence-electron chi connectivity index (χ4n) is 2.97. The highest BCUT2D eigenvalue weighted by atomic mass is 35.5. The van der Waals surface area contributed by atoms with Crippen LogP contribution in [0.2, 0.25) is 5.15 Å². The van der Waals surface area contributed by atoms with Gasteiger partial charge in [0, 0.05) is 25.3 Å². The molecule has 1 aliphatic rings. The van der Waals surface area contributed by atoms with E-state index >= 15 is 0 Å². The summed E-state index contributed by atoms with van der Waals surface area (Å²) in [6, 6.07) is 7.56. The number of carbonyl (C=O) groups excluding carboxylic acids is 1. The molecule has 1 aliphatic heterocycles. The number of halogens is 1. The zero-order chi connectivity index (χ0) is 17.6. The SMILES string of the molecule is Cc1ccc(NC(=O)NCC2CCCN(c3cncc(Cl)n3)C2)cc1. The van der Waals surface area contributed by atoms with Crippen LogP contribution in [0.25, 0.3) is 0 Å². The number of rotatable bonds is 4. The van der Waals surface area contributed by atoms with Gasteiger partial charge in [-0.15, -0.1) is 0 Å². The van der Waals surface area contributed by atoms with Crippen LogP contribution < -0.4 is 15.5 Å². The van der Waals surface area contributed by atoms with Crippen LogP contribution in [0, 0.1) is 12.8 Å². The molecule has 3 rings (SSSR count). The Kier molecular flexibility index (Phi) is 5.71. The first-order chi connectivity index (χ1) is 12.1. The minimum absolute atomic E-state index is 0.177. The third-order valence-corrected chi connectivity index (χ3v) is 4.48. The van der Waals surface area contributed by atoms with E-state index < -0.39 is 0 Å². The molecule has 0 saturated carbocycles. The Morgan fingerprint density at radius 2 is 2.12 bits per heavy atom. The van der Waals surface area contributed by atoms with Crippen LogP contribution in [-0.4, -0.2) is 35.6 Å². The molecule has 1 fully saturated rings. The molecule has 1 aromatic heterocycles. The average molecular weight is 360 g/mol. The normalized spacial score (nSPS) is 17.2. The van der Waals surface area contributed by atoms with Crippen molar-refractivity contribution in [1.29, 1.82) is 0 Å². The molecule has 132 valence electrons. The molecule has 2 heterocycles. The Morgan fingerprint density at radius 1 is 1.32 bits per heavy atom. The molecule has 0 aliphatic carbocycles. The molecule has 2 N–H and O–H groups in total. The predicted octanol–water partition coefficient (Wildman–Crippen LogP) is 3.48. The highest BCUT2D eigenvalue weighted by molar-refractivity contribution is 6.29. The van der Waals surface area contributed by atoms with Gasteiger partial charge in [-0.05, 0) is 37.8 Å². The van der Waals surface area contributed by atoms with Crippen LogP contribution in [-0.2, 0) is 0 Å². The summed E-state index contributed by atoms with van der Waals surface area (Å²) in [6.07, 6.45) is 5.39. The number of amides is 2. The summed E-state index contributed by atoms with van der Waals surface area (Å²) >= 11 is 5.92. The van der Waals surface area contributed by atoms with Crippen molar-refractivity contribution in [2.75, 3.05) is 29.9 Å². The van der Waals surface area contributed by atoms with Crippen molar-refractivity contribution in [3.05, 3.63) is 47.4 Å². The second kappa shape index (κ2) is 8.16. The second-order valence-corrected chi connectivity index (χ2v) is 6.74. The van der Waals surface area contributed by atoms with Crippen LogP contribution in [0.1, 0.15) is 18.4 Å². The zero-order valence-corrected chi connectivity index (χ0v) is 15.0. The number of piperidine rings is 1.